The molecule has 0 unspecified atom stereocenters. The summed E-state index contributed by atoms with van der Waals surface area (Å²) in [4.78, 5) is 7.06. The van der Waals surface area contributed by atoms with Gasteiger partial charge in [0.05, 0.1) is 7.11 Å². The SMILES string of the molecule is CN=C(NCc1ccc(OC)cc1)NCC1(N2CCCC2)CCOCC1. The highest BCUT2D eigenvalue weighted by Gasteiger charge is 2.39. The van der Waals surface area contributed by atoms with E-state index >= 15 is 0 Å². The molecular formula is C20H32N4O2. The van der Waals surface area contributed by atoms with Crippen molar-refractivity contribution in [1.29, 1.82) is 0 Å². The van der Waals surface area contributed by atoms with Crippen molar-refractivity contribution >= 4 is 5.96 Å². The van der Waals surface area contributed by atoms with Gasteiger partial charge in [0.2, 0.25) is 0 Å². The van der Waals surface area contributed by atoms with Crippen LogP contribution in [0.5, 0.6) is 5.75 Å². The molecule has 3 rings (SSSR count). The summed E-state index contributed by atoms with van der Waals surface area (Å²) in [7, 11) is 3.52. The van der Waals surface area contributed by atoms with E-state index in [4.69, 9.17) is 9.47 Å². The standard InChI is InChI=1S/C20H32N4O2/c1-21-19(22-15-17-5-7-18(25-2)8-6-17)23-16-20(9-13-26-14-10-20)24-11-3-4-12-24/h5-8H,3-4,9-16H2,1-2H3,(H2,21,22,23). The third-order valence-corrected chi connectivity index (χ3v) is 5.63. The van der Waals surface area contributed by atoms with E-state index in [0.717, 1.165) is 50.9 Å². The predicted octanol–water partition coefficient (Wildman–Crippen LogP) is 2.01. The van der Waals surface area contributed by atoms with Crippen LogP contribution in [0.1, 0.15) is 31.2 Å². The summed E-state index contributed by atoms with van der Waals surface area (Å²) in [5, 5.41) is 6.99. The smallest absolute Gasteiger partial charge is 0.191 e. The zero-order valence-electron chi connectivity index (χ0n) is 16.1. The summed E-state index contributed by atoms with van der Waals surface area (Å²) in [6.07, 6.45) is 4.81. The fraction of sp³-hybridized carbons (Fsp3) is 0.650. The zero-order chi connectivity index (χ0) is 18.2. The van der Waals surface area contributed by atoms with Crippen molar-refractivity contribution in [2.45, 2.75) is 37.8 Å². The maximum Gasteiger partial charge on any atom is 0.191 e. The molecule has 0 amide bonds. The lowest BCUT2D eigenvalue weighted by Crippen LogP contribution is -2.58. The van der Waals surface area contributed by atoms with Crippen molar-refractivity contribution in [2.24, 2.45) is 4.99 Å². The van der Waals surface area contributed by atoms with E-state index in [2.05, 4.69) is 32.7 Å². The largest absolute Gasteiger partial charge is 0.497 e. The van der Waals surface area contributed by atoms with E-state index in [1.807, 2.05) is 19.2 Å². The first-order valence-corrected chi connectivity index (χ1v) is 9.66. The minimum absolute atomic E-state index is 0.201. The van der Waals surface area contributed by atoms with Crippen LogP contribution in [0.3, 0.4) is 0 Å². The van der Waals surface area contributed by atoms with E-state index in [0.29, 0.717) is 0 Å². The van der Waals surface area contributed by atoms with Crippen LogP contribution in [0.2, 0.25) is 0 Å². The van der Waals surface area contributed by atoms with Gasteiger partial charge in [-0.2, -0.15) is 0 Å². The summed E-state index contributed by atoms with van der Waals surface area (Å²) in [5.74, 6) is 1.73. The molecule has 6 heteroatoms. The summed E-state index contributed by atoms with van der Waals surface area (Å²) in [6, 6.07) is 8.11. The molecule has 6 nitrogen and oxygen atoms in total. The highest BCUT2D eigenvalue weighted by Crippen LogP contribution is 2.30. The molecule has 2 aliphatic heterocycles. The molecule has 1 aromatic rings. The minimum Gasteiger partial charge on any atom is -0.497 e. The first kappa shape index (κ1) is 19.0. The maximum atomic E-state index is 5.63. The third-order valence-electron chi connectivity index (χ3n) is 5.63. The molecule has 0 saturated carbocycles. The minimum atomic E-state index is 0.201. The predicted molar refractivity (Wildman–Crippen MR) is 105 cm³/mol. The Morgan fingerprint density at radius 2 is 1.85 bits per heavy atom. The Labute approximate surface area is 157 Å². The fourth-order valence-corrected chi connectivity index (χ4v) is 3.95. The molecule has 0 aromatic heterocycles. The van der Waals surface area contributed by atoms with Crippen LogP contribution in [0.4, 0.5) is 0 Å². The molecule has 2 saturated heterocycles. The van der Waals surface area contributed by atoms with Gasteiger partial charge < -0.3 is 20.1 Å². The molecule has 2 aliphatic rings. The number of benzene rings is 1. The normalized spacial score (nSPS) is 20.8. The number of likely N-dealkylation sites (tertiary alicyclic amines) is 1. The Morgan fingerprint density at radius 1 is 1.15 bits per heavy atom. The Balaban J connectivity index is 1.54. The molecule has 0 aliphatic carbocycles. The van der Waals surface area contributed by atoms with Crippen LogP contribution in [0.15, 0.2) is 29.3 Å². The summed E-state index contributed by atoms with van der Waals surface area (Å²) in [5.41, 5.74) is 1.40. The summed E-state index contributed by atoms with van der Waals surface area (Å²) in [6.45, 7) is 5.79. The average Bonchev–Trinajstić information content (AvgIpc) is 3.25. The van der Waals surface area contributed by atoms with Gasteiger partial charge in [-0.05, 0) is 56.5 Å². The topological polar surface area (TPSA) is 58.1 Å². The Kier molecular flexibility index (Phi) is 6.74. The second kappa shape index (κ2) is 9.24. The van der Waals surface area contributed by atoms with Crippen LogP contribution in [0.25, 0.3) is 0 Å². The lowest BCUT2D eigenvalue weighted by Gasteiger charge is -2.45. The molecule has 144 valence electrons. The molecule has 0 bridgehead atoms. The van der Waals surface area contributed by atoms with Crippen molar-refractivity contribution in [1.82, 2.24) is 15.5 Å². The first-order valence-electron chi connectivity index (χ1n) is 9.66. The van der Waals surface area contributed by atoms with Gasteiger partial charge in [-0.1, -0.05) is 12.1 Å². The number of nitrogens with zero attached hydrogens (tertiary/aromatic N) is 2. The molecular weight excluding hydrogens is 328 g/mol. The van der Waals surface area contributed by atoms with Gasteiger partial charge in [0, 0.05) is 38.9 Å². The van der Waals surface area contributed by atoms with E-state index in [1.165, 1.54) is 31.5 Å². The first-order chi connectivity index (χ1) is 12.8. The van der Waals surface area contributed by atoms with Crippen molar-refractivity contribution in [3.8, 4) is 5.75 Å². The molecule has 26 heavy (non-hydrogen) atoms. The summed E-state index contributed by atoms with van der Waals surface area (Å²) < 4.78 is 10.8. The molecule has 2 N–H and O–H groups in total. The van der Waals surface area contributed by atoms with Gasteiger partial charge in [-0.25, -0.2) is 0 Å². The van der Waals surface area contributed by atoms with Gasteiger partial charge in [0.25, 0.3) is 0 Å². The van der Waals surface area contributed by atoms with Crippen molar-refractivity contribution < 1.29 is 9.47 Å². The van der Waals surface area contributed by atoms with E-state index < -0.39 is 0 Å². The molecule has 1 aromatic carbocycles. The molecule has 0 radical (unpaired) electrons. The number of hydrogen-bond donors (Lipinski definition) is 2. The van der Waals surface area contributed by atoms with Gasteiger partial charge >= 0.3 is 0 Å². The zero-order valence-corrected chi connectivity index (χ0v) is 16.1. The van der Waals surface area contributed by atoms with Crippen LogP contribution in [-0.4, -0.2) is 63.4 Å². The number of hydrogen-bond acceptors (Lipinski definition) is 4. The van der Waals surface area contributed by atoms with Crippen molar-refractivity contribution in [3.63, 3.8) is 0 Å². The number of guanidine groups is 1. The van der Waals surface area contributed by atoms with Crippen LogP contribution in [-0.2, 0) is 11.3 Å². The van der Waals surface area contributed by atoms with E-state index in [9.17, 15) is 0 Å². The average molecular weight is 361 g/mol. The molecule has 2 heterocycles. The monoisotopic (exact) mass is 360 g/mol. The lowest BCUT2D eigenvalue weighted by atomic mass is 9.88. The number of rotatable bonds is 6. The molecule has 0 atom stereocenters. The van der Waals surface area contributed by atoms with E-state index in [-0.39, 0.29) is 5.54 Å². The molecule has 2 fully saturated rings. The lowest BCUT2D eigenvalue weighted by molar-refractivity contribution is -0.0164. The number of methoxy groups -OCH3 is 1. The van der Waals surface area contributed by atoms with Crippen molar-refractivity contribution in [2.75, 3.05) is 47.0 Å². The van der Waals surface area contributed by atoms with Gasteiger partial charge in [0.1, 0.15) is 5.75 Å². The fourth-order valence-electron chi connectivity index (χ4n) is 3.95. The quantitative estimate of drug-likeness (QED) is 0.600. The van der Waals surface area contributed by atoms with Gasteiger partial charge in [-0.3, -0.25) is 9.89 Å². The second-order valence-corrected chi connectivity index (χ2v) is 7.16. The van der Waals surface area contributed by atoms with Gasteiger partial charge in [0.15, 0.2) is 5.96 Å². The van der Waals surface area contributed by atoms with Crippen LogP contribution in [0, 0.1) is 0 Å². The Bertz CT molecular complexity index is 576. The van der Waals surface area contributed by atoms with Gasteiger partial charge in [-0.15, -0.1) is 0 Å². The number of aliphatic imine (C=N–C) groups is 1. The highest BCUT2D eigenvalue weighted by molar-refractivity contribution is 5.79. The van der Waals surface area contributed by atoms with Crippen LogP contribution >= 0.6 is 0 Å². The highest BCUT2D eigenvalue weighted by atomic mass is 16.5. The van der Waals surface area contributed by atoms with Crippen molar-refractivity contribution in [3.05, 3.63) is 29.8 Å². The van der Waals surface area contributed by atoms with Crippen LogP contribution < -0.4 is 15.4 Å². The van der Waals surface area contributed by atoms with E-state index in [1.54, 1.807) is 7.11 Å². The number of ether oxygens (including phenoxy) is 2. The third kappa shape index (κ3) is 4.68. The Hall–Kier alpha value is -1.79. The Morgan fingerprint density at radius 3 is 2.46 bits per heavy atom. The summed E-state index contributed by atoms with van der Waals surface area (Å²) >= 11 is 0. The molecule has 0 spiro atoms. The second-order valence-electron chi connectivity index (χ2n) is 7.16. The number of nitrogens with one attached hydrogen (secondary N) is 2. The maximum absolute atomic E-state index is 5.63.